The molecule has 2 rings (SSSR count). The van der Waals surface area contributed by atoms with Gasteiger partial charge in [0.15, 0.2) is 5.65 Å². The molecule has 0 spiro atoms. The molecule has 0 aliphatic heterocycles. The van der Waals surface area contributed by atoms with Crippen molar-refractivity contribution in [2.24, 2.45) is 13.0 Å². The zero-order valence-electron chi connectivity index (χ0n) is 14.5. The van der Waals surface area contributed by atoms with Gasteiger partial charge in [0, 0.05) is 25.2 Å². The summed E-state index contributed by atoms with van der Waals surface area (Å²) >= 11 is 0. The molecule has 0 saturated carbocycles. The molecule has 0 saturated heterocycles. The monoisotopic (exact) mass is 334 g/mol. The normalized spacial score (nSPS) is 12.2. The number of hydrogen-bond donors (Lipinski definition) is 2. The first kappa shape index (κ1) is 17.7. The summed E-state index contributed by atoms with van der Waals surface area (Å²) in [5.74, 6) is -1.17. The number of amides is 1. The highest BCUT2D eigenvalue weighted by atomic mass is 16.5. The number of nitrogens with one attached hydrogen (secondary N) is 2. The molecule has 130 valence electrons. The highest BCUT2D eigenvalue weighted by Gasteiger charge is 2.19. The van der Waals surface area contributed by atoms with Crippen LogP contribution in [0, 0.1) is 19.8 Å². The van der Waals surface area contributed by atoms with E-state index in [1.807, 2.05) is 13.8 Å². The Morgan fingerprint density at radius 3 is 2.67 bits per heavy atom. The van der Waals surface area contributed by atoms with E-state index in [2.05, 4.69) is 20.1 Å². The molecule has 0 unspecified atom stereocenters. The van der Waals surface area contributed by atoms with Crippen molar-refractivity contribution in [3.8, 4) is 0 Å². The molecule has 8 nitrogen and oxygen atoms in total. The van der Waals surface area contributed by atoms with Crippen molar-refractivity contribution in [3.63, 3.8) is 0 Å². The van der Waals surface area contributed by atoms with Crippen LogP contribution in [0.2, 0.25) is 0 Å². The summed E-state index contributed by atoms with van der Waals surface area (Å²) in [7, 11) is 3.02. The molecule has 2 heterocycles. The van der Waals surface area contributed by atoms with Gasteiger partial charge in [0.1, 0.15) is 0 Å². The lowest BCUT2D eigenvalue weighted by molar-refractivity contribution is -0.143. The van der Waals surface area contributed by atoms with Gasteiger partial charge in [-0.05, 0) is 25.0 Å². The maximum absolute atomic E-state index is 12.1. The number of nitrogens with zero attached hydrogens (tertiary/aromatic N) is 2. The van der Waals surface area contributed by atoms with E-state index >= 15 is 0 Å². The van der Waals surface area contributed by atoms with Crippen LogP contribution in [-0.2, 0) is 27.9 Å². The Bertz CT molecular complexity index is 850. The van der Waals surface area contributed by atoms with E-state index < -0.39 is 11.9 Å². The van der Waals surface area contributed by atoms with Gasteiger partial charge in [0.2, 0.25) is 5.91 Å². The highest BCUT2D eigenvalue weighted by Crippen LogP contribution is 2.19. The number of methoxy groups -OCH3 is 1. The molecule has 1 atom stereocenters. The number of rotatable bonds is 5. The van der Waals surface area contributed by atoms with Gasteiger partial charge in [-0.2, -0.15) is 0 Å². The molecule has 2 N–H and O–H groups in total. The second-order valence-corrected chi connectivity index (χ2v) is 5.90. The van der Waals surface area contributed by atoms with Crippen LogP contribution >= 0.6 is 0 Å². The average Bonchev–Trinajstić information content (AvgIpc) is 2.80. The summed E-state index contributed by atoms with van der Waals surface area (Å²) in [5.41, 5.74) is 2.72. The van der Waals surface area contributed by atoms with E-state index in [4.69, 9.17) is 0 Å². The molecule has 0 fully saturated rings. The fraction of sp³-hybridized carbons (Fsp3) is 0.500. The first-order valence-corrected chi connectivity index (χ1v) is 7.65. The number of pyridine rings is 1. The van der Waals surface area contributed by atoms with Gasteiger partial charge in [-0.1, -0.05) is 6.92 Å². The number of H-pyrrole nitrogens is 1. The van der Waals surface area contributed by atoms with E-state index in [-0.39, 0.29) is 24.4 Å². The van der Waals surface area contributed by atoms with Gasteiger partial charge in [0.05, 0.1) is 18.9 Å². The molecule has 0 radical (unpaired) electrons. The zero-order chi connectivity index (χ0) is 18.0. The van der Waals surface area contributed by atoms with Crippen LogP contribution in [0.5, 0.6) is 0 Å². The SMILES string of the molecule is COC(=O)C[C@@H](C)C(=O)NCc1c(C)nc2c(c1C)c(=O)[nH]n2C. The van der Waals surface area contributed by atoms with Gasteiger partial charge in [-0.25, -0.2) is 4.98 Å². The Hall–Kier alpha value is -2.64. The van der Waals surface area contributed by atoms with Gasteiger partial charge in [-0.3, -0.25) is 24.2 Å². The maximum Gasteiger partial charge on any atom is 0.306 e. The summed E-state index contributed by atoms with van der Waals surface area (Å²) < 4.78 is 6.15. The van der Waals surface area contributed by atoms with Gasteiger partial charge in [-0.15, -0.1) is 0 Å². The average molecular weight is 334 g/mol. The number of hydrogen-bond acceptors (Lipinski definition) is 5. The molecule has 2 aromatic heterocycles. The molecular formula is C16H22N4O4. The summed E-state index contributed by atoms with van der Waals surface area (Å²) in [6, 6.07) is 0. The Kier molecular flexibility index (Phi) is 5.06. The van der Waals surface area contributed by atoms with Crippen molar-refractivity contribution >= 4 is 22.9 Å². The summed E-state index contributed by atoms with van der Waals surface area (Å²) in [5, 5.41) is 6.00. The third-order valence-electron chi connectivity index (χ3n) is 4.16. The fourth-order valence-corrected chi connectivity index (χ4v) is 2.68. The zero-order valence-corrected chi connectivity index (χ0v) is 14.5. The van der Waals surface area contributed by atoms with Crippen LogP contribution in [0.25, 0.3) is 11.0 Å². The molecule has 8 heteroatoms. The number of aryl methyl sites for hydroxylation is 3. The van der Waals surface area contributed by atoms with E-state index in [0.717, 1.165) is 16.8 Å². The van der Waals surface area contributed by atoms with Crippen LogP contribution in [-0.4, -0.2) is 33.8 Å². The smallest absolute Gasteiger partial charge is 0.306 e. The minimum atomic E-state index is -0.491. The largest absolute Gasteiger partial charge is 0.469 e. The number of fused-ring (bicyclic) bond motifs is 1. The summed E-state index contributed by atoms with van der Waals surface area (Å²) in [4.78, 5) is 39.8. The third-order valence-corrected chi connectivity index (χ3v) is 4.16. The van der Waals surface area contributed by atoms with Gasteiger partial charge >= 0.3 is 5.97 Å². The van der Waals surface area contributed by atoms with Crippen molar-refractivity contribution in [2.45, 2.75) is 33.7 Å². The van der Waals surface area contributed by atoms with E-state index in [1.165, 1.54) is 7.11 Å². The molecule has 0 aliphatic carbocycles. The third kappa shape index (κ3) is 3.32. The van der Waals surface area contributed by atoms with Crippen LogP contribution in [0.1, 0.15) is 30.2 Å². The Morgan fingerprint density at radius 1 is 1.38 bits per heavy atom. The molecule has 0 aliphatic rings. The number of carbonyl (C=O) groups excluding carboxylic acids is 2. The molecular weight excluding hydrogens is 312 g/mol. The van der Waals surface area contributed by atoms with Crippen LogP contribution < -0.4 is 10.9 Å². The Balaban J connectivity index is 2.21. The second kappa shape index (κ2) is 6.86. The highest BCUT2D eigenvalue weighted by molar-refractivity contribution is 5.84. The van der Waals surface area contributed by atoms with E-state index in [0.29, 0.717) is 11.0 Å². The second-order valence-electron chi connectivity index (χ2n) is 5.90. The van der Waals surface area contributed by atoms with Crippen molar-refractivity contribution in [3.05, 3.63) is 27.2 Å². The molecule has 0 aromatic carbocycles. The lowest BCUT2D eigenvalue weighted by Gasteiger charge is -2.14. The van der Waals surface area contributed by atoms with Crippen molar-refractivity contribution in [2.75, 3.05) is 7.11 Å². The standard InChI is InChI=1S/C16H22N4O4/c1-8(6-12(21)24-5)15(22)17-7-11-9(2)13-14(18-10(11)3)20(4)19-16(13)23/h8H,6-7H2,1-5H3,(H,17,22)(H,19,23)/t8-/m1/s1. The van der Waals surface area contributed by atoms with Crippen LogP contribution in [0.3, 0.4) is 0 Å². The first-order chi connectivity index (χ1) is 11.3. The minimum Gasteiger partial charge on any atom is -0.469 e. The predicted octanol–water partition coefficient (Wildman–Crippen LogP) is 0.694. The topological polar surface area (TPSA) is 106 Å². The molecule has 1 amide bonds. The lowest BCUT2D eigenvalue weighted by atomic mass is 10.0. The number of esters is 1. The number of aromatic nitrogens is 3. The summed E-state index contributed by atoms with van der Waals surface area (Å²) in [6.07, 6.45) is 0.0237. The van der Waals surface area contributed by atoms with Crippen LogP contribution in [0.15, 0.2) is 4.79 Å². The molecule has 24 heavy (non-hydrogen) atoms. The fourth-order valence-electron chi connectivity index (χ4n) is 2.68. The van der Waals surface area contributed by atoms with Crippen molar-refractivity contribution in [1.82, 2.24) is 20.1 Å². The number of ether oxygens (including phenoxy) is 1. The Labute approximate surface area is 139 Å². The predicted molar refractivity (Wildman–Crippen MR) is 88.5 cm³/mol. The van der Waals surface area contributed by atoms with Crippen molar-refractivity contribution < 1.29 is 14.3 Å². The lowest BCUT2D eigenvalue weighted by Crippen LogP contribution is -2.31. The molecule has 2 aromatic rings. The quantitative estimate of drug-likeness (QED) is 0.783. The van der Waals surface area contributed by atoms with Crippen molar-refractivity contribution in [1.29, 1.82) is 0 Å². The molecule has 0 bridgehead atoms. The maximum atomic E-state index is 12.1. The summed E-state index contributed by atoms with van der Waals surface area (Å²) in [6.45, 7) is 5.59. The van der Waals surface area contributed by atoms with Crippen LogP contribution in [0.4, 0.5) is 0 Å². The van der Waals surface area contributed by atoms with E-state index in [1.54, 1.807) is 18.7 Å². The first-order valence-electron chi connectivity index (χ1n) is 7.65. The van der Waals surface area contributed by atoms with Gasteiger partial charge in [0.25, 0.3) is 5.56 Å². The van der Waals surface area contributed by atoms with Gasteiger partial charge < -0.3 is 10.1 Å². The van der Waals surface area contributed by atoms with E-state index in [9.17, 15) is 14.4 Å². The minimum absolute atomic E-state index is 0.0237. The Morgan fingerprint density at radius 2 is 2.04 bits per heavy atom. The number of carbonyl (C=O) groups is 2. The number of aromatic amines is 1.